The van der Waals surface area contributed by atoms with Crippen molar-refractivity contribution >= 4 is 33.4 Å². The van der Waals surface area contributed by atoms with Crippen LogP contribution in [0.3, 0.4) is 0 Å². The number of methoxy groups -OCH3 is 1. The molecule has 0 aliphatic rings. The van der Waals surface area contributed by atoms with E-state index in [1.807, 2.05) is 19.9 Å². The molecule has 2 N–H and O–H groups in total. The molecule has 0 aliphatic carbocycles. The van der Waals surface area contributed by atoms with Gasteiger partial charge in [-0.15, -0.1) is 0 Å². The highest BCUT2D eigenvalue weighted by Gasteiger charge is 2.22. The molecule has 0 saturated heterocycles. The first-order valence-electron chi connectivity index (χ1n) is 11.7. The normalized spacial score (nSPS) is 11.8. The largest absolute Gasteiger partial charge is 0.495 e. The summed E-state index contributed by atoms with van der Waals surface area (Å²) in [5, 5.41) is 5.48. The number of rotatable bonds is 10. The number of urea groups is 1. The van der Waals surface area contributed by atoms with Crippen LogP contribution in [0.4, 0.5) is 16.2 Å². The molecule has 3 aromatic carbocycles. The summed E-state index contributed by atoms with van der Waals surface area (Å²) >= 11 is 0. The van der Waals surface area contributed by atoms with Crippen LogP contribution in [0, 0.1) is 0 Å². The van der Waals surface area contributed by atoms with Gasteiger partial charge in [-0.05, 0) is 67.4 Å². The molecule has 3 aromatic rings. The van der Waals surface area contributed by atoms with Crippen molar-refractivity contribution in [3.63, 3.8) is 0 Å². The summed E-state index contributed by atoms with van der Waals surface area (Å²) in [6, 6.07) is 19.0. The molecule has 0 heterocycles. The quantitative estimate of drug-likeness (QED) is 0.349. The molecule has 9 nitrogen and oxygen atoms in total. The highest BCUT2D eigenvalue weighted by atomic mass is 32.2. The second-order valence-electron chi connectivity index (χ2n) is 8.41. The Morgan fingerprint density at radius 2 is 1.68 bits per heavy atom. The molecule has 3 amide bonds. The summed E-state index contributed by atoms with van der Waals surface area (Å²) < 4.78 is 36.3. The first-order chi connectivity index (χ1) is 17.6. The molecule has 0 bridgehead atoms. The third-order valence-electron chi connectivity index (χ3n) is 5.65. The van der Waals surface area contributed by atoms with Crippen molar-refractivity contribution in [3.05, 3.63) is 78.4 Å². The van der Waals surface area contributed by atoms with Crippen LogP contribution in [0.1, 0.15) is 32.8 Å². The fourth-order valence-electron chi connectivity index (χ4n) is 3.56. The number of nitrogens with one attached hydrogen (secondary N) is 2. The Labute approximate surface area is 217 Å². The number of ether oxygens (including phenoxy) is 1. The molecule has 37 heavy (non-hydrogen) atoms. The van der Waals surface area contributed by atoms with E-state index < -0.39 is 10.1 Å². The van der Waals surface area contributed by atoms with Gasteiger partial charge in [-0.3, -0.25) is 4.79 Å². The molecule has 0 aliphatic heterocycles. The number of hydrogen-bond acceptors (Lipinski definition) is 6. The average Bonchev–Trinajstić information content (AvgIpc) is 2.87. The number of carbonyl (C=O) groups excluding carboxylic acids is 2. The fraction of sp³-hybridized carbons (Fsp3) is 0.259. The highest BCUT2D eigenvalue weighted by molar-refractivity contribution is 7.87. The van der Waals surface area contributed by atoms with E-state index in [2.05, 4.69) is 10.6 Å². The Hall–Kier alpha value is -4.05. The smallest absolute Gasteiger partial charge is 0.339 e. The highest BCUT2D eigenvalue weighted by Crippen LogP contribution is 2.25. The lowest BCUT2D eigenvalue weighted by Gasteiger charge is -2.29. The van der Waals surface area contributed by atoms with Crippen molar-refractivity contribution in [1.82, 2.24) is 4.90 Å². The molecule has 196 valence electrons. The molecule has 0 radical (unpaired) electrons. The number of carbonyl (C=O) groups is 2. The Balaban J connectivity index is 1.77. The standard InChI is InChI=1S/C27H31N3O6S/c1-5-19(2)30(27(32)29-25-11-6-7-12-26(25)35-4)18-21-9-8-10-23(17-21)36-37(33,34)24-15-13-22(14-16-24)28-20(3)31/h6-17,19H,5,18H2,1-4H3,(H,28,31)(H,29,32). The van der Waals surface area contributed by atoms with Crippen LogP contribution in [0.25, 0.3) is 0 Å². The minimum absolute atomic E-state index is 0.0515. The van der Waals surface area contributed by atoms with E-state index in [4.69, 9.17) is 8.92 Å². The molecule has 1 unspecified atom stereocenters. The molecular weight excluding hydrogens is 494 g/mol. The molecule has 10 heteroatoms. The summed E-state index contributed by atoms with van der Waals surface area (Å²) in [6.07, 6.45) is 0.721. The maximum absolute atomic E-state index is 13.2. The maximum Gasteiger partial charge on any atom is 0.339 e. The Kier molecular flexibility index (Phi) is 9.13. The van der Waals surface area contributed by atoms with E-state index >= 15 is 0 Å². The third-order valence-corrected chi connectivity index (χ3v) is 6.91. The van der Waals surface area contributed by atoms with Crippen molar-refractivity contribution in [2.24, 2.45) is 0 Å². The van der Waals surface area contributed by atoms with Gasteiger partial charge in [0.25, 0.3) is 0 Å². The lowest BCUT2D eigenvalue weighted by atomic mass is 10.1. The lowest BCUT2D eigenvalue weighted by Crippen LogP contribution is -2.40. The van der Waals surface area contributed by atoms with Gasteiger partial charge in [-0.2, -0.15) is 8.42 Å². The number of nitrogens with zero attached hydrogens (tertiary/aromatic N) is 1. The van der Waals surface area contributed by atoms with Crippen LogP contribution in [-0.4, -0.2) is 38.4 Å². The number of para-hydroxylation sites is 2. The predicted octanol–water partition coefficient (Wildman–Crippen LogP) is 5.25. The topological polar surface area (TPSA) is 114 Å². The minimum Gasteiger partial charge on any atom is -0.495 e. The van der Waals surface area contributed by atoms with E-state index in [0.717, 1.165) is 6.42 Å². The number of benzene rings is 3. The Bertz CT molecular complexity index is 1340. The van der Waals surface area contributed by atoms with Gasteiger partial charge >= 0.3 is 16.1 Å². The van der Waals surface area contributed by atoms with E-state index in [1.165, 1.54) is 44.4 Å². The van der Waals surface area contributed by atoms with E-state index in [9.17, 15) is 18.0 Å². The second kappa shape index (κ2) is 12.3. The van der Waals surface area contributed by atoms with Crippen LogP contribution < -0.4 is 19.6 Å². The zero-order chi connectivity index (χ0) is 27.0. The van der Waals surface area contributed by atoms with Gasteiger partial charge in [0.05, 0.1) is 12.8 Å². The van der Waals surface area contributed by atoms with Gasteiger partial charge in [0.1, 0.15) is 16.4 Å². The summed E-state index contributed by atoms with van der Waals surface area (Å²) in [5.74, 6) is 0.412. The second-order valence-corrected chi connectivity index (χ2v) is 9.95. The van der Waals surface area contributed by atoms with Gasteiger partial charge in [-0.1, -0.05) is 31.2 Å². The fourth-order valence-corrected chi connectivity index (χ4v) is 4.48. The summed E-state index contributed by atoms with van der Waals surface area (Å²) in [6.45, 7) is 5.53. The summed E-state index contributed by atoms with van der Waals surface area (Å²) in [4.78, 5) is 26.0. The molecular formula is C27H31N3O6S. The van der Waals surface area contributed by atoms with Crippen molar-refractivity contribution < 1.29 is 26.9 Å². The van der Waals surface area contributed by atoms with Gasteiger partial charge in [0.2, 0.25) is 5.91 Å². The van der Waals surface area contributed by atoms with Crippen LogP contribution in [-0.2, 0) is 21.5 Å². The number of amides is 3. The van der Waals surface area contributed by atoms with Crippen molar-refractivity contribution in [2.75, 3.05) is 17.7 Å². The first kappa shape index (κ1) is 27.5. The van der Waals surface area contributed by atoms with Gasteiger partial charge < -0.3 is 24.5 Å². The molecule has 0 aromatic heterocycles. The minimum atomic E-state index is -4.11. The monoisotopic (exact) mass is 525 g/mol. The van der Waals surface area contributed by atoms with Gasteiger partial charge in [0.15, 0.2) is 0 Å². The van der Waals surface area contributed by atoms with E-state index in [1.54, 1.807) is 41.3 Å². The van der Waals surface area contributed by atoms with Gasteiger partial charge in [0, 0.05) is 25.2 Å². The van der Waals surface area contributed by atoms with Crippen molar-refractivity contribution in [3.8, 4) is 11.5 Å². The van der Waals surface area contributed by atoms with Crippen LogP contribution in [0.5, 0.6) is 11.5 Å². The van der Waals surface area contributed by atoms with E-state index in [-0.39, 0.29) is 35.2 Å². The maximum atomic E-state index is 13.2. The van der Waals surface area contributed by atoms with Gasteiger partial charge in [-0.25, -0.2) is 4.79 Å². The third kappa shape index (κ3) is 7.47. The van der Waals surface area contributed by atoms with Crippen LogP contribution in [0.2, 0.25) is 0 Å². The summed E-state index contributed by atoms with van der Waals surface area (Å²) in [5.41, 5.74) is 1.73. The molecule has 0 spiro atoms. The summed E-state index contributed by atoms with van der Waals surface area (Å²) in [7, 11) is -2.57. The molecule has 0 fully saturated rings. The lowest BCUT2D eigenvalue weighted by molar-refractivity contribution is -0.114. The first-order valence-corrected chi connectivity index (χ1v) is 13.2. The SMILES string of the molecule is CCC(C)N(Cc1cccc(OS(=O)(=O)c2ccc(NC(C)=O)cc2)c1)C(=O)Nc1ccccc1OC. The molecule has 0 saturated carbocycles. The molecule has 1 atom stereocenters. The predicted molar refractivity (Wildman–Crippen MR) is 142 cm³/mol. The zero-order valence-electron chi connectivity index (χ0n) is 21.2. The average molecular weight is 526 g/mol. The van der Waals surface area contributed by atoms with Crippen LogP contribution >= 0.6 is 0 Å². The van der Waals surface area contributed by atoms with Crippen molar-refractivity contribution in [2.45, 2.75) is 44.7 Å². The van der Waals surface area contributed by atoms with E-state index in [0.29, 0.717) is 22.7 Å². The van der Waals surface area contributed by atoms with Crippen molar-refractivity contribution in [1.29, 1.82) is 0 Å². The number of hydrogen-bond donors (Lipinski definition) is 2. The zero-order valence-corrected chi connectivity index (χ0v) is 22.0. The Morgan fingerprint density at radius 1 is 0.973 bits per heavy atom. The Morgan fingerprint density at radius 3 is 2.32 bits per heavy atom. The molecule has 3 rings (SSSR count). The van der Waals surface area contributed by atoms with Crippen LogP contribution in [0.15, 0.2) is 77.7 Å². The number of anilines is 2.